The molecule has 0 saturated heterocycles. The molecule has 3 aromatic rings. The predicted molar refractivity (Wildman–Crippen MR) is 122 cm³/mol. The van der Waals surface area contributed by atoms with Crippen LogP contribution >= 0.6 is 0 Å². The lowest BCUT2D eigenvalue weighted by molar-refractivity contribution is -0.121. The quantitative estimate of drug-likeness (QED) is 0.609. The van der Waals surface area contributed by atoms with Gasteiger partial charge in [0.25, 0.3) is 11.8 Å². The third kappa shape index (κ3) is 4.83. The number of rotatable bonds is 7. The van der Waals surface area contributed by atoms with E-state index < -0.39 is 0 Å². The van der Waals surface area contributed by atoms with Gasteiger partial charge in [0.2, 0.25) is 0 Å². The van der Waals surface area contributed by atoms with E-state index in [1.807, 2.05) is 31.2 Å². The van der Waals surface area contributed by atoms with Crippen molar-refractivity contribution in [2.45, 2.75) is 6.92 Å². The number of hydrogen-bond acceptors (Lipinski definition) is 5. The molecule has 0 bridgehead atoms. The minimum atomic E-state index is -0.277. The molecule has 1 N–H and O–H groups in total. The van der Waals surface area contributed by atoms with Crippen LogP contribution in [0.3, 0.4) is 0 Å². The smallest absolute Gasteiger partial charge is 0.265 e. The molecule has 0 aromatic heterocycles. The van der Waals surface area contributed by atoms with Crippen LogP contribution in [-0.4, -0.2) is 38.7 Å². The first-order valence-corrected chi connectivity index (χ1v) is 10.3. The van der Waals surface area contributed by atoms with Gasteiger partial charge < -0.3 is 24.4 Å². The van der Waals surface area contributed by atoms with Gasteiger partial charge in [-0.25, -0.2) is 0 Å². The summed E-state index contributed by atoms with van der Waals surface area (Å²) < 4.78 is 16.5. The van der Waals surface area contributed by atoms with Gasteiger partial charge in [-0.15, -0.1) is 0 Å². The van der Waals surface area contributed by atoms with Crippen LogP contribution in [-0.2, 0) is 4.79 Å². The van der Waals surface area contributed by atoms with Gasteiger partial charge in [0.15, 0.2) is 6.61 Å². The Morgan fingerprint density at radius 1 is 1.06 bits per heavy atom. The first-order valence-electron chi connectivity index (χ1n) is 10.3. The average Bonchev–Trinajstić information content (AvgIpc) is 2.81. The fourth-order valence-corrected chi connectivity index (χ4v) is 3.38. The zero-order valence-electron chi connectivity index (χ0n) is 18.0. The maximum absolute atomic E-state index is 12.7. The number of carbonyl (C=O) groups is 2. The number of anilines is 2. The SMILES string of the molecule is COc1cccc(C(=O)Nc2ccc3c(c2)N(CCOc2ccc(C)cc2)C(=O)CO3)c1. The molecule has 0 fully saturated rings. The first-order chi connectivity index (χ1) is 15.5. The second-order valence-electron chi connectivity index (χ2n) is 7.36. The molecule has 1 aliphatic heterocycles. The highest BCUT2D eigenvalue weighted by molar-refractivity contribution is 6.05. The highest BCUT2D eigenvalue weighted by Crippen LogP contribution is 2.34. The molecule has 164 valence electrons. The third-order valence-corrected chi connectivity index (χ3v) is 5.10. The monoisotopic (exact) mass is 432 g/mol. The zero-order chi connectivity index (χ0) is 22.5. The van der Waals surface area contributed by atoms with Gasteiger partial charge in [0.1, 0.15) is 23.9 Å². The van der Waals surface area contributed by atoms with E-state index in [0.29, 0.717) is 41.6 Å². The van der Waals surface area contributed by atoms with E-state index >= 15 is 0 Å². The lowest BCUT2D eigenvalue weighted by atomic mass is 10.1. The molecule has 7 nitrogen and oxygen atoms in total. The van der Waals surface area contributed by atoms with Gasteiger partial charge in [0.05, 0.1) is 19.3 Å². The van der Waals surface area contributed by atoms with Crippen molar-refractivity contribution in [1.82, 2.24) is 0 Å². The van der Waals surface area contributed by atoms with E-state index in [-0.39, 0.29) is 18.4 Å². The Morgan fingerprint density at radius 3 is 2.66 bits per heavy atom. The Balaban J connectivity index is 1.47. The van der Waals surface area contributed by atoms with Crippen LogP contribution in [0.15, 0.2) is 66.7 Å². The van der Waals surface area contributed by atoms with Crippen molar-refractivity contribution < 1.29 is 23.8 Å². The maximum Gasteiger partial charge on any atom is 0.265 e. The van der Waals surface area contributed by atoms with E-state index in [1.165, 1.54) is 0 Å². The van der Waals surface area contributed by atoms with Crippen molar-refractivity contribution in [1.29, 1.82) is 0 Å². The highest BCUT2D eigenvalue weighted by atomic mass is 16.5. The lowest BCUT2D eigenvalue weighted by Crippen LogP contribution is -2.41. The minimum Gasteiger partial charge on any atom is -0.497 e. The number of nitrogens with zero attached hydrogens (tertiary/aromatic N) is 1. The predicted octanol–water partition coefficient (Wildman–Crippen LogP) is 4.06. The van der Waals surface area contributed by atoms with Crippen LogP contribution in [0.25, 0.3) is 0 Å². The number of ether oxygens (including phenoxy) is 3. The molecule has 7 heteroatoms. The van der Waals surface area contributed by atoms with E-state index in [0.717, 1.165) is 11.3 Å². The summed E-state index contributed by atoms with van der Waals surface area (Å²) in [5, 5.41) is 2.86. The molecule has 4 rings (SSSR count). The summed E-state index contributed by atoms with van der Waals surface area (Å²) in [5.74, 6) is 1.49. The molecule has 1 aliphatic rings. The first kappa shape index (κ1) is 21.2. The van der Waals surface area contributed by atoms with Crippen molar-refractivity contribution in [3.8, 4) is 17.2 Å². The summed E-state index contributed by atoms with van der Waals surface area (Å²) in [5.41, 5.74) is 2.77. The second-order valence-corrected chi connectivity index (χ2v) is 7.36. The standard InChI is InChI=1S/C25H24N2O5/c1-17-6-9-20(10-7-17)31-13-12-27-22-15-19(8-11-23(22)32-16-24(27)28)26-25(29)18-4-3-5-21(14-18)30-2/h3-11,14-15H,12-13,16H2,1-2H3,(H,26,29). The van der Waals surface area contributed by atoms with Gasteiger partial charge >= 0.3 is 0 Å². The van der Waals surface area contributed by atoms with Crippen LogP contribution in [0.5, 0.6) is 17.2 Å². The number of amides is 2. The molecule has 0 saturated carbocycles. The van der Waals surface area contributed by atoms with Crippen molar-refractivity contribution in [2.75, 3.05) is 37.1 Å². The van der Waals surface area contributed by atoms with E-state index in [9.17, 15) is 9.59 Å². The minimum absolute atomic E-state index is 0.0347. The van der Waals surface area contributed by atoms with Crippen molar-refractivity contribution in [2.24, 2.45) is 0 Å². The van der Waals surface area contributed by atoms with Crippen LogP contribution in [0, 0.1) is 6.92 Å². The van der Waals surface area contributed by atoms with Crippen molar-refractivity contribution in [3.05, 3.63) is 77.9 Å². The van der Waals surface area contributed by atoms with Gasteiger partial charge in [0, 0.05) is 11.3 Å². The Labute approximate surface area is 186 Å². The number of benzene rings is 3. The Kier molecular flexibility index (Phi) is 6.26. The second kappa shape index (κ2) is 9.43. The summed E-state index contributed by atoms with van der Waals surface area (Å²) in [6.07, 6.45) is 0. The topological polar surface area (TPSA) is 77.1 Å². The van der Waals surface area contributed by atoms with Crippen molar-refractivity contribution >= 4 is 23.2 Å². The largest absolute Gasteiger partial charge is 0.497 e. The molecule has 3 aromatic carbocycles. The Morgan fingerprint density at radius 2 is 1.88 bits per heavy atom. The van der Waals surface area contributed by atoms with Gasteiger partial charge in [-0.05, 0) is 55.5 Å². The molecule has 0 radical (unpaired) electrons. The van der Waals surface area contributed by atoms with Gasteiger partial charge in [-0.3, -0.25) is 9.59 Å². The zero-order valence-corrected chi connectivity index (χ0v) is 18.0. The third-order valence-electron chi connectivity index (χ3n) is 5.10. The van der Waals surface area contributed by atoms with E-state index in [2.05, 4.69) is 5.32 Å². The normalized spacial score (nSPS) is 12.6. The van der Waals surface area contributed by atoms with Gasteiger partial charge in [-0.2, -0.15) is 0 Å². The van der Waals surface area contributed by atoms with Crippen LogP contribution < -0.4 is 24.4 Å². The summed E-state index contributed by atoms with van der Waals surface area (Å²) >= 11 is 0. The number of carbonyl (C=O) groups excluding carboxylic acids is 2. The molecule has 0 atom stereocenters. The lowest BCUT2D eigenvalue weighted by Gasteiger charge is -2.29. The summed E-state index contributed by atoms with van der Waals surface area (Å²) in [7, 11) is 1.55. The average molecular weight is 432 g/mol. The van der Waals surface area contributed by atoms with Gasteiger partial charge in [-0.1, -0.05) is 23.8 Å². The Hall–Kier alpha value is -4.00. The molecule has 2 amide bonds. The number of methoxy groups -OCH3 is 1. The molecular weight excluding hydrogens is 408 g/mol. The number of fused-ring (bicyclic) bond motifs is 1. The van der Waals surface area contributed by atoms with Crippen LogP contribution in [0.2, 0.25) is 0 Å². The molecule has 0 aliphatic carbocycles. The number of nitrogens with one attached hydrogen (secondary N) is 1. The molecule has 32 heavy (non-hydrogen) atoms. The van der Waals surface area contributed by atoms with E-state index in [4.69, 9.17) is 14.2 Å². The molecule has 1 heterocycles. The number of aryl methyl sites for hydroxylation is 1. The van der Waals surface area contributed by atoms with Crippen molar-refractivity contribution in [3.63, 3.8) is 0 Å². The summed E-state index contributed by atoms with van der Waals surface area (Å²) in [6, 6.07) is 19.9. The molecule has 0 unspecified atom stereocenters. The maximum atomic E-state index is 12.7. The van der Waals surface area contributed by atoms with Crippen LogP contribution in [0.4, 0.5) is 11.4 Å². The van der Waals surface area contributed by atoms with Crippen LogP contribution in [0.1, 0.15) is 15.9 Å². The number of hydrogen-bond donors (Lipinski definition) is 1. The summed E-state index contributed by atoms with van der Waals surface area (Å²) in [6.45, 7) is 2.66. The fourth-order valence-electron chi connectivity index (χ4n) is 3.38. The Bertz CT molecular complexity index is 1130. The highest BCUT2D eigenvalue weighted by Gasteiger charge is 2.26. The van der Waals surface area contributed by atoms with E-state index in [1.54, 1.807) is 54.5 Å². The fraction of sp³-hybridized carbons (Fsp3) is 0.200. The summed E-state index contributed by atoms with van der Waals surface area (Å²) in [4.78, 5) is 26.8. The molecule has 0 spiro atoms. The molecular formula is C25H24N2O5.